The van der Waals surface area contributed by atoms with Crippen molar-refractivity contribution in [3.05, 3.63) is 23.4 Å². The third-order valence-electron chi connectivity index (χ3n) is 2.62. The van der Waals surface area contributed by atoms with Gasteiger partial charge in [-0.05, 0) is 38.8 Å². The first-order chi connectivity index (χ1) is 9.84. The zero-order valence-electron chi connectivity index (χ0n) is 12.0. The fourth-order valence-corrected chi connectivity index (χ4v) is 1.59. The minimum Gasteiger partial charge on any atom is -0.379 e. The van der Waals surface area contributed by atoms with Crippen LogP contribution in [0.5, 0.6) is 0 Å². The number of halogens is 3. The van der Waals surface area contributed by atoms with Crippen molar-refractivity contribution in [2.75, 3.05) is 18.5 Å². The summed E-state index contributed by atoms with van der Waals surface area (Å²) in [5, 5.41) is 11.7. The zero-order valence-corrected chi connectivity index (χ0v) is 12.0. The van der Waals surface area contributed by atoms with Crippen molar-refractivity contribution in [3.63, 3.8) is 0 Å². The summed E-state index contributed by atoms with van der Waals surface area (Å²) in [6.07, 6.45) is -2.86. The van der Waals surface area contributed by atoms with E-state index in [2.05, 4.69) is 10.3 Å². The quantitative estimate of drug-likeness (QED) is 0.782. The van der Waals surface area contributed by atoms with Crippen molar-refractivity contribution >= 4 is 5.82 Å². The molecule has 0 radical (unpaired) electrons. The van der Waals surface area contributed by atoms with Crippen LogP contribution in [0.1, 0.15) is 37.9 Å². The molecule has 1 rings (SSSR count). The Bertz CT molecular complexity index is 495. The van der Waals surface area contributed by atoms with Gasteiger partial charge in [0.05, 0.1) is 11.7 Å². The van der Waals surface area contributed by atoms with Crippen LogP contribution in [0.3, 0.4) is 0 Å². The maximum absolute atomic E-state index is 12.6. The summed E-state index contributed by atoms with van der Waals surface area (Å²) in [7, 11) is 0. The third-order valence-corrected chi connectivity index (χ3v) is 2.62. The molecule has 1 aromatic rings. The first-order valence-corrected chi connectivity index (χ1v) is 6.68. The molecule has 21 heavy (non-hydrogen) atoms. The lowest BCUT2D eigenvalue weighted by atomic mass is 10.2. The van der Waals surface area contributed by atoms with Crippen LogP contribution in [-0.2, 0) is 10.9 Å². The van der Waals surface area contributed by atoms with Crippen molar-refractivity contribution < 1.29 is 17.9 Å². The summed E-state index contributed by atoms with van der Waals surface area (Å²) in [5.41, 5.74) is -0.909. The molecule has 1 N–H and O–H groups in total. The maximum Gasteiger partial charge on any atom is 0.433 e. The lowest BCUT2D eigenvalue weighted by molar-refractivity contribution is -0.141. The van der Waals surface area contributed by atoms with E-state index in [9.17, 15) is 13.2 Å². The number of hydrogen-bond acceptors (Lipinski definition) is 4. The van der Waals surface area contributed by atoms with Crippen molar-refractivity contribution in [2.24, 2.45) is 0 Å². The second-order valence-electron chi connectivity index (χ2n) is 4.76. The van der Waals surface area contributed by atoms with Gasteiger partial charge >= 0.3 is 6.18 Å². The summed E-state index contributed by atoms with van der Waals surface area (Å²) in [5.74, 6) is -0.0305. The molecule has 0 spiro atoms. The number of nitrogens with zero attached hydrogens (tertiary/aromatic N) is 2. The van der Waals surface area contributed by atoms with Crippen LogP contribution >= 0.6 is 0 Å². The van der Waals surface area contributed by atoms with Crippen LogP contribution < -0.4 is 5.32 Å². The van der Waals surface area contributed by atoms with E-state index in [-0.39, 0.29) is 17.5 Å². The Balaban J connectivity index is 2.55. The largest absolute Gasteiger partial charge is 0.433 e. The Morgan fingerprint density at radius 1 is 1.33 bits per heavy atom. The molecule has 0 aliphatic heterocycles. The van der Waals surface area contributed by atoms with E-state index in [0.29, 0.717) is 13.2 Å². The van der Waals surface area contributed by atoms with Crippen LogP contribution in [0.15, 0.2) is 12.1 Å². The molecule has 0 atom stereocenters. The van der Waals surface area contributed by atoms with E-state index in [0.717, 1.165) is 25.0 Å². The fourth-order valence-electron chi connectivity index (χ4n) is 1.59. The number of aromatic nitrogens is 1. The molecule has 0 amide bonds. The Morgan fingerprint density at radius 2 is 2.05 bits per heavy atom. The van der Waals surface area contributed by atoms with Crippen molar-refractivity contribution in [2.45, 2.75) is 39.0 Å². The van der Waals surface area contributed by atoms with Gasteiger partial charge in [-0.15, -0.1) is 0 Å². The van der Waals surface area contributed by atoms with Gasteiger partial charge in [0.2, 0.25) is 0 Å². The number of unbranched alkanes of at least 4 members (excludes halogenated alkanes) is 1. The van der Waals surface area contributed by atoms with E-state index in [1.54, 1.807) is 0 Å². The van der Waals surface area contributed by atoms with Gasteiger partial charge in [0, 0.05) is 13.2 Å². The summed E-state index contributed by atoms with van der Waals surface area (Å²) in [4.78, 5) is 3.47. The number of anilines is 1. The number of ether oxygens (including phenoxy) is 1. The molecule has 116 valence electrons. The third kappa shape index (κ3) is 6.00. The lowest BCUT2D eigenvalue weighted by Gasteiger charge is -2.11. The molecule has 1 heterocycles. The number of hydrogen-bond donors (Lipinski definition) is 1. The summed E-state index contributed by atoms with van der Waals surface area (Å²) in [6, 6.07) is 3.75. The van der Waals surface area contributed by atoms with Crippen molar-refractivity contribution in [1.29, 1.82) is 5.26 Å². The predicted molar refractivity (Wildman–Crippen MR) is 72.8 cm³/mol. The molecule has 0 aliphatic rings. The average Bonchev–Trinajstić information content (AvgIpc) is 2.41. The van der Waals surface area contributed by atoms with E-state index < -0.39 is 11.9 Å². The average molecular weight is 301 g/mol. The van der Waals surface area contributed by atoms with E-state index in [1.807, 2.05) is 19.9 Å². The highest BCUT2D eigenvalue weighted by Crippen LogP contribution is 2.29. The number of nitriles is 1. The van der Waals surface area contributed by atoms with Gasteiger partial charge < -0.3 is 10.1 Å². The minimum absolute atomic E-state index is 0.0305. The summed E-state index contributed by atoms with van der Waals surface area (Å²) < 4.78 is 43.1. The van der Waals surface area contributed by atoms with Crippen molar-refractivity contribution in [1.82, 2.24) is 4.98 Å². The molecule has 0 bridgehead atoms. The second kappa shape index (κ2) is 7.84. The number of alkyl halides is 3. The monoisotopic (exact) mass is 301 g/mol. The SMILES string of the molecule is CC(C)OCCCCNc1nc(C(F)(F)F)ccc1C#N. The second-order valence-corrected chi connectivity index (χ2v) is 4.76. The molecular weight excluding hydrogens is 283 g/mol. The minimum atomic E-state index is -4.52. The molecule has 0 saturated heterocycles. The Hall–Kier alpha value is -1.81. The number of pyridine rings is 1. The van der Waals surface area contributed by atoms with Gasteiger partial charge in [-0.2, -0.15) is 18.4 Å². The Morgan fingerprint density at radius 3 is 2.62 bits per heavy atom. The van der Waals surface area contributed by atoms with Gasteiger partial charge in [-0.1, -0.05) is 0 Å². The van der Waals surface area contributed by atoms with E-state index >= 15 is 0 Å². The number of rotatable bonds is 7. The van der Waals surface area contributed by atoms with Crippen LogP contribution in [0, 0.1) is 11.3 Å². The fraction of sp³-hybridized carbons (Fsp3) is 0.571. The summed E-state index contributed by atoms with van der Waals surface area (Å²) in [6.45, 7) is 4.90. The van der Waals surface area contributed by atoms with Crippen LogP contribution in [0.2, 0.25) is 0 Å². The molecule has 0 aromatic carbocycles. The molecule has 0 saturated carbocycles. The zero-order chi connectivity index (χ0) is 15.9. The Labute approximate surface area is 121 Å². The highest BCUT2D eigenvalue weighted by atomic mass is 19.4. The molecule has 0 fully saturated rings. The van der Waals surface area contributed by atoms with Crippen LogP contribution in [0.4, 0.5) is 19.0 Å². The number of nitrogens with one attached hydrogen (secondary N) is 1. The molecular formula is C14H18F3N3O. The molecule has 0 unspecified atom stereocenters. The van der Waals surface area contributed by atoms with Gasteiger partial charge in [-0.3, -0.25) is 0 Å². The normalized spacial score (nSPS) is 11.5. The molecule has 4 nitrogen and oxygen atoms in total. The molecule has 0 aliphatic carbocycles. The highest BCUT2D eigenvalue weighted by molar-refractivity contribution is 5.52. The van der Waals surface area contributed by atoms with Gasteiger partial charge in [0.25, 0.3) is 0 Å². The lowest BCUT2D eigenvalue weighted by Crippen LogP contribution is -2.13. The highest BCUT2D eigenvalue weighted by Gasteiger charge is 2.33. The smallest absolute Gasteiger partial charge is 0.379 e. The van der Waals surface area contributed by atoms with Crippen molar-refractivity contribution in [3.8, 4) is 6.07 Å². The predicted octanol–water partition coefficient (Wildman–Crippen LogP) is 3.59. The standard InChI is InChI=1S/C14H18F3N3O/c1-10(2)21-8-4-3-7-19-13-11(9-18)5-6-12(20-13)14(15,16)17/h5-6,10H,3-4,7-8H2,1-2H3,(H,19,20). The van der Waals surface area contributed by atoms with E-state index in [4.69, 9.17) is 10.00 Å². The van der Waals surface area contributed by atoms with Crippen LogP contribution in [0.25, 0.3) is 0 Å². The first kappa shape index (κ1) is 17.2. The van der Waals surface area contributed by atoms with Gasteiger partial charge in [0.1, 0.15) is 17.6 Å². The van der Waals surface area contributed by atoms with E-state index in [1.165, 1.54) is 0 Å². The summed E-state index contributed by atoms with van der Waals surface area (Å²) >= 11 is 0. The maximum atomic E-state index is 12.6. The topological polar surface area (TPSA) is 57.9 Å². The molecule has 7 heteroatoms. The van der Waals surface area contributed by atoms with Gasteiger partial charge in [0.15, 0.2) is 0 Å². The van der Waals surface area contributed by atoms with Gasteiger partial charge in [-0.25, -0.2) is 4.98 Å². The first-order valence-electron chi connectivity index (χ1n) is 6.68. The molecule has 1 aromatic heterocycles. The van der Waals surface area contributed by atoms with Crippen LogP contribution in [-0.4, -0.2) is 24.2 Å². The Kier molecular flexibility index (Phi) is 6.43.